The first-order valence-corrected chi connectivity index (χ1v) is 8.62. The van der Waals surface area contributed by atoms with Gasteiger partial charge in [0, 0.05) is 12.5 Å². The van der Waals surface area contributed by atoms with Gasteiger partial charge >= 0.3 is 0 Å². The van der Waals surface area contributed by atoms with E-state index in [1.54, 1.807) is 0 Å². The van der Waals surface area contributed by atoms with E-state index < -0.39 is 5.54 Å². The molecule has 3 N–H and O–H groups in total. The summed E-state index contributed by atoms with van der Waals surface area (Å²) in [6.07, 6.45) is 3.20. The Bertz CT molecular complexity index is 746. The second-order valence-corrected chi connectivity index (χ2v) is 6.45. The summed E-state index contributed by atoms with van der Waals surface area (Å²) in [5, 5.41) is 6.98. The van der Waals surface area contributed by atoms with Crippen molar-refractivity contribution < 1.29 is 14.1 Å². The Kier molecular flexibility index (Phi) is 6.61. The van der Waals surface area contributed by atoms with E-state index in [4.69, 9.17) is 15.0 Å². The van der Waals surface area contributed by atoms with Gasteiger partial charge in [-0.25, -0.2) is 0 Å². The molecule has 1 atom stereocenters. The Morgan fingerprint density at radius 1 is 1.42 bits per heavy atom. The number of ether oxygens (including phenoxy) is 1. The summed E-state index contributed by atoms with van der Waals surface area (Å²) in [5.74, 6) is 1.60. The average molecular weight is 381 g/mol. The highest BCUT2D eigenvalue weighted by Gasteiger charge is 2.39. The lowest BCUT2D eigenvalue weighted by atomic mass is 9.77. The predicted molar refractivity (Wildman–Crippen MR) is 99.1 cm³/mol. The van der Waals surface area contributed by atoms with Gasteiger partial charge in [-0.15, -0.1) is 12.4 Å². The molecule has 142 valence electrons. The molecule has 26 heavy (non-hydrogen) atoms. The minimum absolute atomic E-state index is 0. The second kappa shape index (κ2) is 8.51. The number of amides is 1. The highest BCUT2D eigenvalue weighted by atomic mass is 35.5. The molecule has 1 heterocycles. The van der Waals surface area contributed by atoms with E-state index >= 15 is 0 Å². The zero-order valence-electron chi connectivity index (χ0n) is 15.0. The van der Waals surface area contributed by atoms with Crippen LogP contribution in [0.1, 0.15) is 56.4 Å². The van der Waals surface area contributed by atoms with Crippen molar-refractivity contribution in [1.82, 2.24) is 15.5 Å². The fourth-order valence-corrected chi connectivity index (χ4v) is 3.04. The summed E-state index contributed by atoms with van der Waals surface area (Å²) < 4.78 is 11.1. The van der Waals surface area contributed by atoms with E-state index in [0.717, 1.165) is 30.6 Å². The first-order valence-electron chi connectivity index (χ1n) is 8.62. The van der Waals surface area contributed by atoms with E-state index in [1.165, 1.54) is 6.92 Å². The molecular formula is C18H25ClN4O3. The summed E-state index contributed by atoms with van der Waals surface area (Å²) in [6, 6.07) is 7.31. The van der Waals surface area contributed by atoms with Crippen molar-refractivity contribution in [3.63, 3.8) is 0 Å². The molecule has 0 aliphatic heterocycles. The van der Waals surface area contributed by atoms with Gasteiger partial charge in [0.2, 0.25) is 11.8 Å². The van der Waals surface area contributed by atoms with Crippen LogP contribution in [-0.2, 0) is 16.8 Å². The lowest BCUT2D eigenvalue weighted by Crippen LogP contribution is -2.44. The SMILES string of the molecule is CCOc1ccccc1C(Cc1nc(C2(N)CCC2)no1)NC(C)=O.Cl. The molecule has 1 aromatic heterocycles. The minimum atomic E-state index is -0.464. The van der Waals surface area contributed by atoms with Crippen LogP contribution in [0.4, 0.5) is 0 Å². The third-order valence-electron chi connectivity index (χ3n) is 4.51. The Balaban J connectivity index is 0.00000243. The van der Waals surface area contributed by atoms with Crippen molar-refractivity contribution in [3.05, 3.63) is 41.5 Å². The third kappa shape index (κ3) is 4.34. The number of benzene rings is 1. The van der Waals surface area contributed by atoms with Gasteiger partial charge in [-0.1, -0.05) is 23.4 Å². The fraction of sp³-hybridized carbons (Fsp3) is 0.500. The van der Waals surface area contributed by atoms with Gasteiger partial charge in [-0.05, 0) is 32.3 Å². The first-order chi connectivity index (χ1) is 12.0. The van der Waals surface area contributed by atoms with Crippen LogP contribution in [0.25, 0.3) is 0 Å². The zero-order valence-corrected chi connectivity index (χ0v) is 15.8. The maximum Gasteiger partial charge on any atom is 0.229 e. The van der Waals surface area contributed by atoms with E-state index in [1.807, 2.05) is 31.2 Å². The van der Waals surface area contributed by atoms with Gasteiger partial charge in [0.05, 0.1) is 24.6 Å². The number of nitrogens with two attached hydrogens (primary N) is 1. The monoisotopic (exact) mass is 380 g/mol. The zero-order chi connectivity index (χ0) is 17.9. The molecule has 0 radical (unpaired) electrons. The molecule has 1 aliphatic rings. The molecule has 8 heteroatoms. The Morgan fingerprint density at radius 3 is 2.77 bits per heavy atom. The van der Waals surface area contributed by atoms with Gasteiger partial charge < -0.3 is 20.3 Å². The smallest absolute Gasteiger partial charge is 0.229 e. The van der Waals surface area contributed by atoms with Gasteiger partial charge in [-0.3, -0.25) is 4.79 Å². The molecule has 3 rings (SSSR count). The van der Waals surface area contributed by atoms with Crippen molar-refractivity contribution >= 4 is 18.3 Å². The van der Waals surface area contributed by atoms with Crippen LogP contribution >= 0.6 is 12.4 Å². The molecule has 1 unspecified atom stereocenters. The van der Waals surface area contributed by atoms with Crippen molar-refractivity contribution in [1.29, 1.82) is 0 Å². The third-order valence-corrected chi connectivity index (χ3v) is 4.51. The lowest BCUT2D eigenvalue weighted by Gasteiger charge is -2.34. The summed E-state index contributed by atoms with van der Waals surface area (Å²) in [4.78, 5) is 16.1. The quantitative estimate of drug-likeness (QED) is 0.765. The standard InChI is InChI=1S/C18H24N4O3.ClH/c1-3-24-15-8-5-4-7-13(15)14(20-12(2)23)11-16-21-17(22-25-16)18(19)9-6-10-18;/h4-5,7-8,14H,3,6,9-11,19H2,1-2H3,(H,20,23);1H. The highest BCUT2D eigenvalue weighted by molar-refractivity contribution is 5.85. The van der Waals surface area contributed by atoms with E-state index in [0.29, 0.717) is 24.7 Å². The maximum atomic E-state index is 11.7. The van der Waals surface area contributed by atoms with Crippen LogP contribution in [-0.4, -0.2) is 22.7 Å². The minimum Gasteiger partial charge on any atom is -0.494 e. The molecule has 7 nitrogen and oxygen atoms in total. The van der Waals surface area contributed by atoms with Crippen LogP contribution in [0.3, 0.4) is 0 Å². The second-order valence-electron chi connectivity index (χ2n) is 6.45. The molecule has 1 aromatic carbocycles. The van der Waals surface area contributed by atoms with Crippen molar-refractivity contribution in [2.75, 3.05) is 6.61 Å². The Hall–Kier alpha value is -2.12. The number of nitrogens with one attached hydrogen (secondary N) is 1. The number of aromatic nitrogens is 2. The summed E-state index contributed by atoms with van der Waals surface area (Å²) in [7, 11) is 0. The molecule has 1 saturated carbocycles. The van der Waals surface area contributed by atoms with Gasteiger partial charge in [0.1, 0.15) is 5.75 Å². The normalized spacial score (nSPS) is 16.1. The van der Waals surface area contributed by atoms with Gasteiger partial charge in [-0.2, -0.15) is 4.98 Å². The summed E-state index contributed by atoms with van der Waals surface area (Å²) >= 11 is 0. The van der Waals surface area contributed by atoms with Crippen LogP contribution in [0.2, 0.25) is 0 Å². The molecule has 0 spiro atoms. The number of para-hydroxylation sites is 1. The number of hydrogen-bond donors (Lipinski definition) is 2. The molecule has 0 saturated heterocycles. The number of carbonyl (C=O) groups is 1. The van der Waals surface area contributed by atoms with E-state index in [9.17, 15) is 4.79 Å². The van der Waals surface area contributed by atoms with Crippen LogP contribution < -0.4 is 15.8 Å². The number of nitrogens with zero attached hydrogens (tertiary/aromatic N) is 2. The first kappa shape index (κ1) is 20.2. The van der Waals surface area contributed by atoms with Crippen molar-refractivity contribution in [2.24, 2.45) is 5.73 Å². The average Bonchev–Trinajstić information content (AvgIpc) is 3.01. The Morgan fingerprint density at radius 2 is 2.15 bits per heavy atom. The van der Waals surface area contributed by atoms with Crippen molar-refractivity contribution in [2.45, 2.75) is 51.1 Å². The lowest BCUT2D eigenvalue weighted by molar-refractivity contribution is -0.119. The molecular weight excluding hydrogens is 356 g/mol. The van der Waals surface area contributed by atoms with Gasteiger partial charge in [0.25, 0.3) is 0 Å². The number of carbonyl (C=O) groups excluding carboxylic acids is 1. The van der Waals surface area contributed by atoms with E-state index in [-0.39, 0.29) is 24.4 Å². The predicted octanol–water partition coefficient (Wildman–Crippen LogP) is 2.65. The van der Waals surface area contributed by atoms with Crippen molar-refractivity contribution in [3.8, 4) is 5.75 Å². The van der Waals surface area contributed by atoms with Crippen LogP contribution in [0, 0.1) is 0 Å². The van der Waals surface area contributed by atoms with Crippen LogP contribution in [0.5, 0.6) is 5.75 Å². The summed E-state index contributed by atoms with van der Waals surface area (Å²) in [5.41, 5.74) is 6.67. The largest absolute Gasteiger partial charge is 0.494 e. The molecule has 1 aliphatic carbocycles. The molecule has 0 bridgehead atoms. The maximum absolute atomic E-state index is 11.7. The molecule has 1 fully saturated rings. The molecule has 1 amide bonds. The topological polar surface area (TPSA) is 103 Å². The number of halogens is 1. The number of rotatable bonds is 7. The fourth-order valence-electron chi connectivity index (χ4n) is 3.04. The van der Waals surface area contributed by atoms with Gasteiger partial charge in [0.15, 0.2) is 5.82 Å². The molecule has 2 aromatic rings. The van der Waals surface area contributed by atoms with Crippen LogP contribution in [0.15, 0.2) is 28.8 Å². The highest BCUT2D eigenvalue weighted by Crippen LogP contribution is 2.37. The van der Waals surface area contributed by atoms with E-state index in [2.05, 4.69) is 15.5 Å². The summed E-state index contributed by atoms with van der Waals surface area (Å²) in [6.45, 7) is 3.96. The number of hydrogen-bond acceptors (Lipinski definition) is 6. The Labute approximate surface area is 159 Å².